The summed E-state index contributed by atoms with van der Waals surface area (Å²) in [5, 5.41) is 17.2. The highest BCUT2D eigenvalue weighted by atomic mass is 35.5. The normalized spacial score (nSPS) is 14.3. The molecule has 0 bridgehead atoms. The average molecular weight is 388 g/mol. The highest BCUT2D eigenvalue weighted by molar-refractivity contribution is 7.16. The monoisotopic (exact) mass is 387 g/mol. The Kier molecular flexibility index (Phi) is 6.31. The molecule has 1 aliphatic rings. The van der Waals surface area contributed by atoms with Crippen LogP contribution >= 0.6 is 22.9 Å². The van der Waals surface area contributed by atoms with E-state index < -0.39 is 0 Å². The van der Waals surface area contributed by atoms with Crippen LogP contribution in [-0.2, 0) is 17.6 Å². The van der Waals surface area contributed by atoms with Crippen LogP contribution in [0.15, 0.2) is 24.3 Å². The molecule has 2 N–H and O–H groups in total. The van der Waals surface area contributed by atoms with Crippen LogP contribution < -0.4 is 10.6 Å². The molecular weight excluding hydrogens is 366 g/mol. The zero-order valence-corrected chi connectivity index (χ0v) is 16.3. The van der Waals surface area contributed by atoms with Crippen molar-refractivity contribution in [3.05, 3.63) is 50.9 Å². The van der Waals surface area contributed by atoms with Gasteiger partial charge in [-0.15, -0.1) is 11.3 Å². The van der Waals surface area contributed by atoms with E-state index in [4.69, 9.17) is 11.6 Å². The third-order valence-corrected chi connectivity index (χ3v) is 6.26. The Balaban J connectivity index is 1.54. The molecule has 6 heteroatoms. The first kappa shape index (κ1) is 18.9. The Morgan fingerprint density at radius 3 is 2.88 bits per heavy atom. The highest BCUT2D eigenvalue weighted by Gasteiger charge is 2.21. The van der Waals surface area contributed by atoms with E-state index in [-0.39, 0.29) is 11.9 Å². The van der Waals surface area contributed by atoms with Crippen molar-refractivity contribution < 1.29 is 4.79 Å². The molecule has 0 saturated carbocycles. The fraction of sp³-hybridized carbons (Fsp3) is 0.400. The number of nitrogens with one attached hydrogen (secondary N) is 2. The topological polar surface area (TPSA) is 64.9 Å². The summed E-state index contributed by atoms with van der Waals surface area (Å²) in [5.41, 5.74) is 2.83. The number of halogens is 1. The number of carbonyl (C=O) groups is 1. The number of carbonyl (C=O) groups excluding carboxylic acids is 1. The minimum atomic E-state index is -0.0704. The lowest BCUT2D eigenvalue weighted by Gasteiger charge is -2.15. The molecule has 1 aromatic heterocycles. The molecule has 3 rings (SSSR count). The zero-order valence-electron chi connectivity index (χ0n) is 14.8. The molecule has 0 radical (unpaired) electrons. The molecule has 1 aromatic carbocycles. The maximum atomic E-state index is 12.3. The Hall–Kier alpha value is -1.87. The third-order valence-electron chi connectivity index (χ3n) is 4.71. The lowest BCUT2D eigenvalue weighted by Crippen LogP contribution is -2.24. The molecule has 2 aromatic rings. The molecule has 1 aliphatic carbocycles. The minimum absolute atomic E-state index is 0.0696. The lowest BCUT2D eigenvalue weighted by atomic mass is 9.96. The van der Waals surface area contributed by atoms with Crippen LogP contribution in [0.5, 0.6) is 0 Å². The van der Waals surface area contributed by atoms with Gasteiger partial charge < -0.3 is 10.6 Å². The van der Waals surface area contributed by atoms with Crippen molar-refractivity contribution in [3.8, 4) is 6.07 Å². The van der Waals surface area contributed by atoms with Crippen molar-refractivity contribution in [1.82, 2.24) is 5.32 Å². The molecule has 26 heavy (non-hydrogen) atoms. The van der Waals surface area contributed by atoms with Crippen molar-refractivity contribution in [2.75, 3.05) is 11.9 Å². The first-order valence-electron chi connectivity index (χ1n) is 8.92. The Bertz CT molecular complexity index is 840. The van der Waals surface area contributed by atoms with E-state index in [0.29, 0.717) is 23.5 Å². The van der Waals surface area contributed by atoms with Gasteiger partial charge in [-0.2, -0.15) is 5.26 Å². The number of thiophene rings is 1. The highest BCUT2D eigenvalue weighted by Crippen LogP contribution is 2.37. The number of anilines is 1. The fourth-order valence-corrected chi connectivity index (χ4v) is 4.86. The lowest BCUT2D eigenvalue weighted by molar-refractivity contribution is -0.116. The summed E-state index contributed by atoms with van der Waals surface area (Å²) in [4.78, 5) is 13.6. The summed E-state index contributed by atoms with van der Waals surface area (Å²) < 4.78 is 0. The van der Waals surface area contributed by atoms with Crippen molar-refractivity contribution in [2.24, 2.45) is 0 Å². The second-order valence-electron chi connectivity index (χ2n) is 6.52. The Labute approximate surface area is 163 Å². The smallest absolute Gasteiger partial charge is 0.226 e. The minimum Gasteiger partial charge on any atom is -0.317 e. The number of benzene rings is 1. The van der Waals surface area contributed by atoms with Crippen LogP contribution in [0.4, 0.5) is 5.00 Å². The summed E-state index contributed by atoms with van der Waals surface area (Å²) in [6, 6.07) is 10.0. The molecule has 0 fully saturated rings. The van der Waals surface area contributed by atoms with E-state index >= 15 is 0 Å². The van der Waals surface area contributed by atoms with E-state index in [9.17, 15) is 10.1 Å². The first-order chi connectivity index (χ1) is 12.6. The van der Waals surface area contributed by atoms with Crippen molar-refractivity contribution in [3.63, 3.8) is 0 Å². The molecular formula is C20H22ClN3OS. The predicted molar refractivity (Wildman–Crippen MR) is 107 cm³/mol. The van der Waals surface area contributed by atoms with Gasteiger partial charge >= 0.3 is 0 Å². The second-order valence-corrected chi connectivity index (χ2v) is 8.03. The van der Waals surface area contributed by atoms with Crippen molar-refractivity contribution in [1.29, 1.82) is 5.26 Å². The molecule has 1 amide bonds. The maximum absolute atomic E-state index is 12.3. The van der Waals surface area contributed by atoms with E-state index in [0.717, 1.165) is 41.8 Å². The van der Waals surface area contributed by atoms with Gasteiger partial charge in [0.2, 0.25) is 5.91 Å². The Morgan fingerprint density at radius 1 is 1.35 bits per heavy atom. The summed E-state index contributed by atoms with van der Waals surface area (Å²) in [6.45, 7) is 2.57. The summed E-state index contributed by atoms with van der Waals surface area (Å²) in [7, 11) is 0. The summed E-state index contributed by atoms with van der Waals surface area (Å²) >= 11 is 7.76. The molecule has 0 spiro atoms. The quantitative estimate of drug-likeness (QED) is 0.745. The second kappa shape index (κ2) is 8.68. The maximum Gasteiger partial charge on any atom is 0.226 e. The SMILES string of the molecule is C[C@@H](NCCC(=O)Nc1sc2c(c1C#N)CCCC2)c1ccccc1Cl. The predicted octanol–water partition coefficient (Wildman–Crippen LogP) is 4.83. The zero-order chi connectivity index (χ0) is 18.5. The van der Waals surface area contributed by atoms with Crippen LogP contribution in [0.2, 0.25) is 5.02 Å². The third kappa shape index (κ3) is 4.27. The molecule has 0 aliphatic heterocycles. The number of nitriles is 1. The summed E-state index contributed by atoms with van der Waals surface area (Å²) in [6.07, 6.45) is 4.59. The van der Waals surface area contributed by atoms with E-state index in [1.165, 1.54) is 4.88 Å². The van der Waals surface area contributed by atoms with Gasteiger partial charge in [0.05, 0.1) is 5.56 Å². The number of nitrogens with zero attached hydrogens (tertiary/aromatic N) is 1. The van der Waals surface area contributed by atoms with E-state index in [1.807, 2.05) is 31.2 Å². The Morgan fingerprint density at radius 2 is 2.12 bits per heavy atom. The number of amides is 1. The van der Waals surface area contributed by atoms with Gasteiger partial charge in [0.25, 0.3) is 0 Å². The van der Waals surface area contributed by atoms with Gasteiger partial charge in [-0.3, -0.25) is 4.79 Å². The molecule has 0 saturated heterocycles. The van der Waals surface area contributed by atoms with Crippen LogP contribution in [0.1, 0.15) is 53.8 Å². The molecule has 4 nitrogen and oxygen atoms in total. The van der Waals surface area contributed by atoms with Gasteiger partial charge in [-0.1, -0.05) is 29.8 Å². The van der Waals surface area contributed by atoms with E-state index in [1.54, 1.807) is 11.3 Å². The number of fused-ring (bicyclic) bond motifs is 1. The largest absolute Gasteiger partial charge is 0.317 e. The van der Waals surface area contributed by atoms with E-state index in [2.05, 4.69) is 16.7 Å². The standard InChI is InChI=1S/C20H22ClN3OS/c1-13(14-6-2-4-8-17(14)21)23-11-10-19(25)24-20-16(12-22)15-7-3-5-9-18(15)26-20/h2,4,6,8,13,23H,3,5,7,9-11H2,1H3,(H,24,25)/t13-/m1/s1. The van der Waals surface area contributed by atoms with Crippen LogP contribution in [0.25, 0.3) is 0 Å². The molecule has 0 unspecified atom stereocenters. The van der Waals surface area contributed by atoms with Gasteiger partial charge in [-0.25, -0.2) is 0 Å². The number of rotatable bonds is 6. The van der Waals surface area contributed by atoms with Crippen LogP contribution in [-0.4, -0.2) is 12.5 Å². The van der Waals surface area contributed by atoms with Gasteiger partial charge in [0.1, 0.15) is 11.1 Å². The van der Waals surface area contributed by atoms with Crippen molar-refractivity contribution in [2.45, 2.75) is 45.1 Å². The number of hydrogen-bond acceptors (Lipinski definition) is 4. The van der Waals surface area contributed by atoms with Crippen LogP contribution in [0.3, 0.4) is 0 Å². The average Bonchev–Trinajstić information content (AvgIpc) is 2.98. The number of aryl methyl sites for hydroxylation is 1. The van der Waals surface area contributed by atoms with Gasteiger partial charge in [0, 0.05) is 28.9 Å². The van der Waals surface area contributed by atoms with Gasteiger partial charge in [-0.05, 0) is 49.8 Å². The molecule has 1 atom stereocenters. The number of hydrogen-bond donors (Lipinski definition) is 2. The molecule has 1 heterocycles. The van der Waals surface area contributed by atoms with Crippen molar-refractivity contribution >= 4 is 33.8 Å². The fourth-order valence-electron chi connectivity index (χ4n) is 3.30. The first-order valence-corrected chi connectivity index (χ1v) is 10.1. The van der Waals surface area contributed by atoms with Gasteiger partial charge in [0.15, 0.2) is 0 Å². The summed E-state index contributed by atoms with van der Waals surface area (Å²) in [5.74, 6) is -0.0704. The molecule has 136 valence electrons. The van der Waals surface area contributed by atoms with Crippen LogP contribution in [0, 0.1) is 11.3 Å².